The zero-order chi connectivity index (χ0) is 11.5. The van der Waals surface area contributed by atoms with Gasteiger partial charge in [0.05, 0.1) is 5.69 Å². The second kappa shape index (κ2) is 4.88. The molecule has 0 amide bonds. The Bertz CT molecular complexity index is 452. The van der Waals surface area contributed by atoms with E-state index in [1.165, 1.54) is 25.7 Å². The topological polar surface area (TPSA) is 29.3 Å². The Morgan fingerprint density at radius 1 is 1.35 bits per heavy atom. The maximum atomic E-state index is 4.56. The van der Waals surface area contributed by atoms with Gasteiger partial charge in [-0.05, 0) is 31.0 Å². The molecule has 17 heavy (non-hydrogen) atoms. The lowest BCUT2D eigenvalue weighted by atomic mass is 9.83. The van der Waals surface area contributed by atoms with Crippen molar-refractivity contribution in [1.29, 1.82) is 0 Å². The summed E-state index contributed by atoms with van der Waals surface area (Å²) in [7, 11) is 0. The van der Waals surface area contributed by atoms with E-state index in [1.807, 2.05) is 24.4 Å². The van der Waals surface area contributed by atoms with Gasteiger partial charge in [-0.3, -0.25) is 0 Å². The van der Waals surface area contributed by atoms with Crippen molar-refractivity contribution in [2.24, 2.45) is 5.92 Å². The van der Waals surface area contributed by atoms with Crippen LogP contribution in [0.25, 0.3) is 5.65 Å². The van der Waals surface area contributed by atoms with Gasteiger partial charge in [0.15, 0.2) is 0 Å². The van der Waals surface area contributed by atoms with Crippen LogP contribution in [0.1, 0.15) is 31.4 Å². The van der Waals surface area contributed by atoms with E-state index in [0.29, 0.717) is 0 Å². The molecule has 3 rings (SSSR count). The van der Waals surface area contributed by atoms with Crippen molar-refractivity contribution in [2.45, 2.75) is 32.2 Å². The molecule has 3 heteroatoms. The first-order valence-corrected chi connectivity index (χ1v) is 6.55. The Morgan fingerprint density at radius 2 is 2.29 bits per heavy atom. The maximum absolute atomic E-state index is 4.56. The lowest BCUT2D eigenvalue weighted by molar-refractivity contribution is 0.292. The van der Waals surface area contributed by atoms with Crippen LogP contribution in [-0.4, -0.2) is 15.9 Å². The molecule has 1 saturated carbocycles. The van der Waals surface area contributed by atoms with Crippen LogP contribution in [0.15, 0.2) is 30.6 Å². The summed E-state index contributed by atoms with van der Waals surface area (Å²) in [6.45, 7) is 2.01. The van der Waals surface area contributed by atoms with Gasteiger partial charge in [-0.15, -0.1) is 0 Å². The van der Waals surface area contributed by atoms with Gasteiger partial charge in [0.1, 0.15) is 5.65 Å². The highest BCUT2D eigenvalue weighted by Crippen LogP contribution is 2.28. The van der Waals surface area contributed by atoms with Crippen molar-refractivity contribution in [3.63, 3.8) is 0 Å². The summed E-state index contributed by atoms with van der Waals surface area (Å²) in [5.74, 6) is 0.989. The normalized spacial score (nSPS) is 16.2. The molecule has 0 radical (unpaired) electrons. The Kier molecular flexibility index (Phi) is 3.10. The second-order valence-corrected chi connectivity index (χ2v) is 4.96. The zero-order valence-corrected chi connectivity index (χ0v) is 10.1. The molecule has 3 nitrogen and oxygen atoms in total. The van der Waals surface area contributed by atoms with Crippen LogP contribution < -0.4 is 5.32 Å². The van der Waals surface area contributed by atoms with Crippen LogP contribution in [0.4, 0.5) is 0 Å². The molecule has 0 saturated heterocycles. The van der Waals surface area contributed by atoms with Gasteiger partial charge in [-0.25, -0.2) is 4.98 Å². The highest BCUT2D eigenvalue weighted by molar-refractivity contribution is 5.39. The molecule has 0 bridgehead atoms. The molecule has 1 fully saturated rings. The van der Waals surface area contributed by atoms with E-state index in [2.05, 4.69) is 20.9 Å². The Hall–Kier alpha value is -1.35. The van der Waals surface area contributed by atoms with E-state index < -0.39 is 0 Å². The zero-order valence-electron chi connectivity index (χ0n) is 10.1. The lowest BCUT2D eigenvalue weighted by Gasteiger charge is -2.25. The van der Waals surface area contributed by atoms with Gasteiger partial charge >= 0.3 is 0 Å². The average molecular weight is 229 g/mol. The van der Waals surface area contributed by atoms with Crippen molar-refractivity contribution in [3.05, 3.63) is 36.3 Å². The monoisotopic (exact) mass is 229 g/mol. The largest absolute Gasteiger partial charge is 0.311 e. The summed E-state index contributed by atoms with van der Waals surface area (Å²) in [4.78, 5) is 4.56. The molecule has 1 N–H and O–H groups in total. The van der Waals surface area contributed by atoms with Crippen LogP contribution in [0.2, 0.25) is 0 Å². The number of aromatic nitrogens is 2. The molecule has 0 aliphatic heterocycles. The molecule has 0 spiro atoms. The highest BCUT2D eigenvalue weighted by Gasteiger charge is 2.16. The second-order valence-electron chi connectivity index (χ2n) is 4.96. The van der Waals surface area contributed by atoms with Gasteiger partial charge in [0.2, 0.25) is 0 Å². The third-order valence-corrected chi connectivity index (χ3v) is 3.67. The molecule has 90 valence electrons. The van der Waals surface area contributed by atoms with Crippen LogP contribution >= 0.6 is 0 Å². The first-order chi connectivity index (χ1) is 8.42. The van der Waals surface area contributed by atoms with E-state index in [4.69, 9.17) is 0 Å². The summed E-state index contributed by atoms with van der Waals surface area (Å²) in [6, 6.07) is 6.09. The van der Waals surface area contributed by atoms with Crippen LogP contribution in [-0.2, 0) is 6.54 Å². The van der Waals surface area contributed by atoms with E-state index in [9.17, 15) is 0 Å². The number of nitrogens with one attached hydrogen (secondary N) is 1. The molecule has 0 aromatic carbocycles. The molecule has 2 aromatic heterocycles. The number of nitrogens with zero attached hydrogens (tertiary/aromatic N) is 2. The highest BCUT2D eigenvalue weighted by atomic mass is 15.0. The molecular weight excluding hydrogens is 210 g/mol. The van der Waals surface area contributed by atoms with E-state index in [-0.39, 0.29) is 0 Å². The lowest BCUT2D eigenvalue weighted by Crippen LogP contribution is -2.21. The van der Waals surface area contributed by atoms with Crippen molar-refractivity contribution in [3.8, 4) is 0 Å². The summed E-state index contributed by atoms with van der Waals surface area (Å²) in [6.07, 6.45) is 9.79. The summed E-state index contributed by atoms with van der Waals surface area (Å²) in [5, 5.41) is 3.49. The third-order valence-electron chi connectivity index (χ3n) is 3.67. The Labute approximate surface area is 102 Å². The van der Waals surface area contributed by atoms with E-state index >= 15 is 0 Å². The van der Waals surface area contributed by atoms with Crippen molar-refractivity contribution in [2.75, 3.05) is 6.54 Å². The predicted molar refractivity (Wildman–Crippen MR) is 68.9 cm³/mol. The van der Waals surface area contributed by atoms with Crippen LogP contribution in [0, 0.1) is 5.92 Å². The predicted octanol–water partition coefficient (Wildman–Crippen LogP) is 2.61. The molecule has 0 unspecified atom stereocenters. The Morgan fingerprint density at radius 3 is 3.06 bits per heavy atom. The third kappa shape index (κ3) is 2.50. The number of imidazole rings is 1. The SMILES string of the molecule is c1ccn2cc(CNCCC3CCC3)nc2c1. The first kappa shape index (κ1) is 10.8. The standard InChI is InChI=1S/C14H19N3/c1-2-9-17-11-13(16-14(17)6-1)10-15-8-7-12-4-3-5-12/h1-2,6,9,11-12,15H,3-5,7-8,10H2. The average Bonchev–Trinajstić information content (AvgIpc) is 2.68. The minimum Gasteiger partial charge on any atom is -0.311 e. The van der Waals surface area contributed by atoms with Gasteiger partial charge in [0, 0.05) is 18.9 Å². The smallest absolute Gasteiger partial charge is 0.137 e. The summed E-state index contributed by atoms with van der Waals surface area (Å²) >= 11 is 0. The van der Waals surface area contributed by atoms with Crippen molar-refractivity contribution >= 4 is 5.65 Å². The van der Waals surface area contributed by atoms with Crippen LogP contribution in [0.3, 0.4) is 0 Å². The van der Waals surface area contributed by atoms with Gasteiger partial charge < -0.3 is 9.72 Å². The van der Waals surface area contributed by atoms with E-state index in [1.54, 1.807) is 0 Å². The van der Waals surface area contributed by atoms with E-state index in [0.717, 1.165) is 30.3 Å². The molecule has 2 heterocycles. The molecule has 1 aliphatic rings. The molecule has 0 atom stereocenters. The van der Waals surface area contributed by atoms with Crippen molar-refractivity contribution < 1.29 is 0 Å². The van der Waals surface area contributed by atoms with Gasteiger partial charge in [0.25, 0.3) is 0 Å². The number of hydrogen-bond acceptors (Lipinski definition) is 2. The number of hydrogen-bond donors (Lipinski definition) is 1. The number of fused-ring (bicyclic) bond motifs is 1. The van der Waals surface area contributed by atoms with Crippen molar-refractivity contribution in [1.82, 2.24) is 14.7 Å². The minimum atomic E-state index is 0.883. The summed E-state index contributed by atoms with van der Waals surface area (Å²) in [5.41, 5.74) is 2.16. The summed E-state index contributed by atoms with van der Waals surface area (Å²) < 4.78 is 2.07. The molecule has 2 aromatic rings. The first-order valence-electron chi connectivity index (χ1n) is 6.55. The van der Waals surface area contributed by atoms with Gasteiger partial charge in [-0.1, -0.05) is 25.3 Å². The fourth-order valence-corrected chi connectivity index (χ4v) is 2.38. The Balaban J connectivity index is 1.50. The number of pyridine rings is 1. The molecular formula is C14H19N3. The fourth-order valence-electron chi connectivity index (χ4n) is 2.38. The number of rotatable bonds is 5. The van der Waals surface area contributed by atoms with Gasteiger partial charge in [-0.2, -0.15) is 0 Å². The quantitative estimate of drug-likeness (QED) is 0.799. The fraction of sp³-hybridized carbons (Fsp3) is 0.500. The maximum Gasteiger partial charge on any atom is 0.137 e. The molecule has 1 aliphatic carbocycles. The van der Waals surface area contributed by atoms with Crippen LogP contribution in [0.5, 0.6) is 0 Å². The minimum absolute atomic E-state index is 0.883.